The van der Waals surface area contributed by atoms with Crippen LogP contribution in [0.3, 0.4) is 0 Å². The van der Waals surface area contributed by atoms with Crippen LogP contribution < -0.4 is 5.43 Å². The minimum Gasteiger partial charge on any atom is -0.297 e. The fourth-order valence-electron chi connectivity index (χ4n) is 3.20. The van der Waals surface area contributed by atoms with Crippen LogP contribution in [0.2, 0.25) is 0 Å². The molecule has 0 unspecified atom stereocenters. The molecule has 0 amide bonds. The van der Waals surface area contributed by atoms with Crippen LogP contribution in [0.15, 0.2) is 59.8 Å². The monoisotopic (exact) mass is 396 g/mol. The van der Waals surface area contributed by atoms with Crippen LogP contribution in [0.5, 0.6) is 0 Å². The average molecular weight is 396 g/mol. The van der Waals surface area contributed by atoms with Crippen molar-refractivity contribution in [2.24, 2.45) is 5.10 Å². The quantitative estimate of drug-likeness (QED) is 0.531. The largest absolute Gasteiger partial charge is 0.297 e. The highest BCUT2D eigenvalue weighted by Crippen LogP contribution is 2.22. The molecule has 1 aliphatic rings. The summed E-state index contributed by atoms with van der Waals surface area (Å²) in [6, 6.07) is 14.6. The molecule has 0 radical (unpaired) electrons. The lowest BCUT2D eigenvalue weighted by Gasteiger charge is -2.26. The van der Waals surface area contributed by atoms with Crippen LogP contribution in [0.1, 0.15) is 11.1 Å². The van der Waals surface area contributed by atoms with E-state index in [0.717, 1.165) is 47.8 Å². The van der Waals surface area contributed by atoms with E-state index in [1.54, 1.807) is 18.5 Å². The second kappa shape index (κ2) is 8.58. The van der Waals surface area contributed by atoms with Gasteiger partial charge in [0.1, 0.15) is 5.82 Å². The summed E-state index contributed by atoms with van der Waals surface area (Å²) in [6.07, 6.45) is 3.38. The van der Waals surface area contributed by atoms with E-state index in [9.17, 15) is 8.60 Å². The summed E-state index contributed by atoms with van der Waals surface area (Å²) in [7, 11) is -0.641. The minimum atomic E-state index is -0.641. The average Bonchev–Trinajstić information content (AvgIpc) is 2.71. The molecule has 0 spiro atoms. The lowest BCUT2D eigenvalue weighted by Crippen LogP contribution is -2.37. The van der Waals surface area contributed by atoms with E-state index in [1.165, 1.54) is 17.7 Å². The van der Waals surface area contributed by atoms with Gasteiger partial charge in [0.25, 0.3) is 0 Å². The third-order valence-corrected chi connectivity index (χ3v) is 6.04. The van der Waals surface area contributed by atoms with E-state index >= 15 is 0 Å². The zero-order chi connectivity index (χ0) is 19.3. The summed E-state index contributed by atoms with van der Waals surface area (Å²) in [6.45, 7) is 2.67. The summed E-state index contributed by atoms with van der Waals surface area (Å²) >= 11 is 0. The predicted molar refractivity (Wildman–Crippen MR) is 113 cm³/mol. The van der Waals surface area contributed by atoms with Crippen LogP contribution in [-0.4, -0.2) is 44.9 Å². The Morgan fingerprint density at radius 2 is 1.93 bits per heavy atom. The van der Waals surface area contributed by atoms with Gasteiger partial charge in [-0.25, -0.2) is 4.39 Å². The number of halogens is 1. The molecule has 1 aromatic heterocycles. The number of pyridine rings is 1. The molecular weight excluding hydrogens is 375 g/mol. The number of rotatable bonds is 5. The normalized spacial score (nSPS) is 16.0. The number of hydrogen-bond acceptors (Lipinski definition) is 5. The summed E-state index contributed by atoms with van der Waals surface area (Å²) in [5.74, 6) is 1.23. The van der Waals surface area contributed by atoms with Crippen molar-refractivity contribution >= 4 is 33.6 Å². The first kappa shape index (κ1) is 18.7. The Bertz CT molecular complexity index is 1010. The minimum absolute atomic E-state index is 0.307. The molecule has 0 saturated carbocycles. The highest BCUT2D eigenvalue weighted by Gasteiger charge is 2.14. The number of nitrogens with zero attached hydrogens (tertiary/aromatic N) is 3. The van der Waals surface area contributed by atoms with Crippen molar-refractivity contribution < 1.29 is 8.60 Å². The third-order valence-electron chi connectivity index (χ3n) is 4.76. The Morgan fingerprint density at radius 1 is 1.14 bits per heavy atom. The number of benzene rings is 2. The lowest BCUT2D eigenvalue weighted by atomic mass is 10.1. The maximum atomic E-state index is 13.3. The van der Waals surface area contributed by atoms with Crippen molar-refractivity contribution in [3.63, 3.8) is 0 Å². The van der Waals surface area contributed by atoms with Gasteiger partial charge in [-0.15, -0.1) is 0 Å². The first-order valence-electron chi connectivity index (χ1n) is 9.17. The van der Waals surface area contributed by atoms with E-state index in [1.807, 2.05) is 18.2 Å². The van der Waals surface area contributed by atoms with Crippen molar-refractivity contribution in [1.82, 2.24) is 9.88 Å². The maximum Gasteiger partial charge on any atom is 0.125 e. The van der Waals surface area contributed by atoms with Crippen LogP contribution in [-0.2, 0) is 17.3 Å². The standard InChI is InChI=1S/C21H21FN4OS/c22-18-5-6-19-20(7-8-23-21(19)13-18)25-24-14-16-1-3-17(4-2-16)15-26-9-11-28(27)12-10-26/h1-8,13-14H,9-12,15H2,(H,23,25)/b24-14+. The Balaban J connectivity index is 1.38. The van der Waals surface area contributed by atoms with Gasteiger partial charge in [0.05, 0.1) is 17.4 Å². The number of fused-ring (bicyclic) bond motifs is 1. The Labute approximate surface area is 165 Å². The van der Waals surface area contributed by atoms with Crippen LogP contribution in [0, 0.1) is 5.82 Å². The molecular formula is C21H21FN4OS. The Kier molecular flexibility index (Phi) is 5.73. The van der Waals surface area contributed by atoms with E-state index in [-0.39, 0.29) is 5.82 Å². The van der Waals surface area contributed by atoms with Gasteiger partial charge in [0, 0.05) is 59.6 Å². The molecule has 144 valence electrons. The molecule has 0 atom stereocenters. The Hall–Kier alpha value is -2.64. The van der Waals surface area contributed by atoms with Crippen LogP contribution in [0.25, 0.3) is 10.9 Å². The highest BCUT2D eigenvalue weighted by atomic mass is 32.2. The fourth-order valence-corrected chi connectivity index (χ4v) is 4.32. The molecule has 1 fully saturated rings. The van der Waals surface area contributed by atoms with E-state index in [4.69, 9.17) is 0 Å². The number of aromatic nitrogens is 1. The molecule has 1 aliphatic heterocycles. The van der Waals surface area contributed by atoms with Crippen molar-refractivity contribution in [1.29, 1.82) is 0 Å². The topological polar surface area (TPSA) is 57.6 Å². The van der Waals surface area contributed by atoms with Gasteiger partial charge in [-0.3, -0.25) is 19.5 Å². The van der Waals surface area contributed by atoms with Crippen molar-refractivity contribution in [3.05, 3.63) is 71.7 Å². The predicted octanol–water partition coefficient (Wildman–Crippen LogP) is 3.38. The number of hydrogen-bond donors (Lipinski definition) is 1. The van der Waals surface area contributed by atoms with Crippen molar-refractivity contribution in [3.8, 4) is 0 Å². The smallest absolute Gasteiger partial charge is 0.125 e. The first-order chi connectivity index (χ1) is 13.7. The first-order valence-corrected chi connectivity index (χ1v) is 10.7. The molecule has 3 aromatic rings. The molecule has 7 heteroatoms. The van der Waals surface area contributed by atoms with Crippen molar-refractivity contribution in [2.75, 3.05) is 30.0 Å². The van der Waals surface area contributed by atoms with Gasteiger partial charge in [-0.2, -0.15) is 5.10 Å². The zero-order valence-electron chi connectivity index (χ0n) is 15.3. The summed E-state index contributed by atoms with van der Waals surface area (Å²) < 4.78 is 24.8. The molecule has 1 N–H and O–H groups in total. The van der Waals surface area contributed by atoms with Crippen molar-refractivity contribution in [2.45, 2.75) is 6.54 Å². The molecule has 4 rings (SSSR count). The highest BCUT2D eigenvalue weighted by molar-refractivity contribution is 7.85. The molecule has 0 bridgehead atoms. The van der Waals surface area contributed by atoms with E-state index in [2.05, 4.69) is 32.5 Å². The lowest BCUT2D eigenvalue weighted by molar-refractivity contribution is 0.291. The molecule has 1 saturated heterocycles. The van der Waals surface area contributed by atoms with Crippen LogP contribution >= 0.6 is 0 Å². The third kappa shape index (κ3) is 4.61. The number of nitrogens with one attached hydrogen (secondary N) is 1. The number of anilines is 1. The van der Waals surface area contributed by atoms with Gasteiger partial charge in [0.15, 0.2) is 0 Å². The molecule has 2 aromatic carbocycles. The maximum absolute atomic E-state index is 13.3. The summed E-state index contributed by atoms with van der Waals surface area (Å²) in [4.78, 5) is 6.51. The summed E-state index contributed by atoms with van der Waals surface area (Å²) in [5, 5.41) is 5.12. The molecule has 2 heterocycles. The van der Waals surface area contributed by atoms with E-state index < -0.39 is 10.8 Å². The molecule has 28 heavy (non-hydrogen) atoms. The van der Waals surface area contributed by atoms with Gasteiger partial charge < -0.3 is 0 Å². The van der Waals surface area contributed by atoms with Gasteiger partial charge >= 0.3 is 0 Å². The van der Waals surface area contributed by atoms with Gasteiger partial charge in [-0.1, -0.05) is 24.3 Å². The fraction of sp³-hybridized carbons (Fsp3) is 0.238. The Morgan fingerprint density at radius 3 is 2.71 bits per heavy atom. The number of hydrazone groups is 1. The molecule has 0 aliphatic carbocycles. The zero-order valence-corrected chi connectivity index (χ0v) is 16.2. The molecule has 5 nitrogen and oxygen atoms in total. The SMILES string of the molecule is O=S1CCN(Cc2ccc(/C=N/Nc3ccnc4cc(F)ccc34)cc2)CC1. The summed E-state index contributed by atoms with van der Waals surface area (Å²) in [5.41, 5.74) is 6.60. The van der Waals surface area contributed by atoms with Gasteiger partial charge in [0.2, 0.25) is 0 Å². The van der Waals surface area contributed by atoms with Gasteiger partial charge in [-0.05, 0) is 29.3 Å². The second-order valence-corrected chi connectivity index (χ2v) is 8.45. The van der Waals surface area contributed by atoms with E-state index in [0.29, 0.717) is 5.52 Å². The second-order valence-electron chi connectivity index (χ2n) is 6.76. The van der Waals surface area contributed by atoms with Crippen LogP contribution in [0.4, 0.5) is 10.1 Å².